The minimum atomic E-state index is -0.651. The normalized spacial score (nSPS) is 15.3. The lowest BCUT2D eigenvalue weighted by Crippen LogP contribution is -2.31. The number of carbonyl (C=O) groups excluding carboxylic acids is 2. The van der Waals surface area contributed by atoms with E-state index in [1.165, 1.54) is 11.8 Å². The molecular formula is C25H22N6O3S. The Kier molecular flexibility index (Phi) is 7.28. The highest BCUT2D eigenvalue weighted by Gasteiger charge is 2.35. The summed E-state index contributed by atoms with van der Waals surface area (Å²) < 4.78 is 4.96. The van der Waals surface area contributed by atoms with Crippen molar-refractivity contribution in [3.05, 3.63) is 94.1 Å². The first-order valence-corrected chi connectivity index (χ1v) is 11.7. The number of para-hydroxylation sites is 1. The molecule has 0 spiro atoms. The first-order chi connectivity index (χ1) is 17.0. The number of anilines is 2. The number of nitriles is 1. The van der Waals surface area contributed by atoms with Crippen molar-refractivity contribution in [1.82, 2.24) is 15.5 Å². The van der Waals surface area contributed by atoms with Gasteiger partial charge in [0.05, 0.1) is 28.3 Å². The van der Waals surface area contributed by atoms with Crippen molar-refractivity contribution in [1.29, 1.82) is 5.26 Å². The zero-order chi connectivity index (χ0) is 24.8. The summed E-state index contributed by atoms with van der Waals surface area (Å²) in [7, 11) is 0. The maximum absolute atomic E-state index is 13.4. The zero-order valence-electron chi connectivity index (χ0n) is 19.0. The summed E-state index contributed by atoms with van der Waals surface area (Å²) in [5.41, 5.74) is 2.66. The quantitative estimate of drug-likeness (QED) is 0.455. The molecule has 0 aliphatic carbocycles. The predicted octanol–water partition coefficient (Wildman–Crippen LogP) is 4.08. The standard InChI is InChI=1S/C25H22N6O3S/c1-15-11-20(31-34-15)30-21(32)14-35-25-19(12-26)23(17-7-6-10-27-13-17)22(16(2)28-25)24(33)29-18-8-4-3-5-9-18/h3-11,13,23,28H,14H2,1-2H3,(H,29,33)(H,30,31,32). The minimum absolute atomic E-state index is 0.0258. The number of nitrogens with zero attached hydrogens (tertiary/aromatic N) is 3. The molecule has 3 N–H and O–H groups in total. The van der Waals surface area contributed by atoms with Gasteiger partial charge in [-0.3, -0.25) is 14.6 Å². The highest BCUT2D eigenvalue weighted by Crippen LogP contribution is 2.40. The Morgan fingerprint density at radius 3 is 2.63 bits per heavy atom. The van der Waals surface area contributed by atoms with Crippen molar-refractivity contribution in [3.63, 3.8) is 0 Å². The molecule has 0 saturated carbocycles. The molecule has 3 heterocycles. The van der Waals surface area contributed by atoms with Crippen LogP contribution in [0.25, 0.3) is 0 Å². The Morgan fingerprint density at radius 2 is 1.97 bits per heavy atom. The van der Waals surface area contributed by atoms with Crippen LogP contribution >= 0.6 is 11.8 Å². The smallest absolute Gasteiger partial charge is 0.254 e. The molecule has 2 amide bonds. The van der Waals surface area contributed by atoms with Gasteiger partial charge in [-0.1, -0.05) is 41.2 Å². The van der Waals surface area contributed by atoms with Gasteiger partial charge in [-0.05, 0) is 37.6 Å². The van der Waals surface area contributed by atoms with Crippen molar-refractivity contribution < 1.29 is 14.1 Å². The molecule has 1 aromatic carbocycles. The third kappa shape index (κ3) is 5.59. The van der Waals surface area contributed by atoms with Gasteiger partial charge in [-0.15, -0.1) is 0 Å². The second-order valence-corrected chi connectivity index (χ2v) is 8.70. The van der Waals surface area contributed by atoms with E-state index in [0.29, 0.717) is 44.7 Å². The van der Waals surface area contributed by atoms with Crippen LogP contribution in [0.5, 0.6) is 0 Å². The van der Waals surface area contributed by atoms with Crippen molar-refractivity contribution in [2.75, 3.05) is 16.4 Å². The fourth-order valence-electron chi connectivity index (χ4n) is 3.67. The number of carbonyl (C=O) groups is 2. The molecule has 0 fully saturated rings. The van der Waals surface area contributed by atoms with Crippen molar-refractivity contribution in [3.8, 4) is 6.07 Å². The molecule has 10 heteroatoms. The molecule has 1 aliphatic heterocycles. The number of nitrogens with one attached hydrogen (secondary N) is 3. The second kappa shape index (κ2) is 10.7. The van der Waals surface area contributed by atoms with E-state index in [0.717, 1.165) is 0 Å². The fourth-order valence-corrected chi connectivity index (χ4v) is 4.56. The number of rotatable bonds is 7. The van der Waals surface area contributed by atoms with Crippen molar-refractivity contribution >= 4 is 35.1 Å². The highest BCUT2D eigenvalue weighted by atomic mass is 32.2. The first kappa shape index (κ1) is 23.8. The molecule has 9 nitrogen and oxygen atoms in total. The summed E-state index contributed by atoms with van der Waals surface area (Å²) in [5, 5.41) is 23.1. The van der Waals surface area contributed by atoms with E-state index in [-0.39, 0.29) is 17.6 Å². The van der Waals surface area contributed by atoms with Gasteiger partial charge in [-0.25, -0.2) is 0 Å². The molecular weight excluding hydrogens is 464 g/mol. The van der Waals surface area contributed by atoms with Gasteiger partial charge in [0, 0.05) is 35.4 Å². The number of thioether (sulfide) groups is 1. The van der Waals surface area contributed by atoms with Crippen LogP contribution in [0, 0.1) is 18.3 Å². The maximum Gasteiger partial charge on any atom is 0.254 e. The van der Waals surface area contributed by atoms with Gasteiger partial charge in [0.2, 0.25) is 5.91 Å². The van der Waals surface area contributed by atoms with Gasteiger partial charge >= 0.3 is 0 Å². The molecule has 4 rings (SSSR count). The van der Waals surface area contributed by atoms with Gasteiger partial charge in [0.1, 0.15) is 5.76 Å². The van der Waals surface area contributed by atoms with E-state index < -0.39 is 5.92 Å². The number of dihydropyridines is 1. The van der Waals surface area contributed by atoms with Gasteiger partial charge < -0.3 is 20.5 Å². The summed E-state index contributed by atoms with van der Waals surface area (Å²) in [6.07, 6.45) is 3.27. The van der Waals surface area contributed by atoms with Crippen molar-refractivity contribution in [2.24, 2.45) is 0 Å². The summed E-state index contributed by atoms with van der Waals surface area (Å²) in [4.78, 5) is 30.0. The van der Waals surface area contributed by atoms with Crippen LogP contribution in [0.1, 0.15) is 24.2 Å². The average molecular weight is 487 g/mol. The van der Waals surface area contributed by atoms with E-state index in [1.54, 1.807) is 50.5 Å². The van der Waals surface area contributed by atoms with E-state index in [4.69, 9.17) is 4.52 Å². The maximum atomic E-state index is 13.4. The lowest BCUT2D eigenvalue weighted by atomic mass is 9.83. The number of pyridine rings is 1. The minimum Gasteiger partial charge on any atom is -0.360 e. The summed E-state index contributed by atoms with van der Waals surface area (Å²) in [6.45, 7) is 3.50. The Hall–Kier alpha value is -4.36. The van der Waals surface area contributed by atoms with Gasteiger partial charge in [0.15, 0.2) is 5.82 Å². The molecule has 2 aromatic heterocycles. The topological polar surface area (TPSA) is 133 Å². The predicted molar refractivity (Wildman–Crippen MR) is 133 cm³/mol. The molecule has 1 aliphatic rings. The number of hydrogen-bond acceptors (Lipinski definition) is 8. The first-order valence-electron chi connectivity index (χ1n) is 10.7. The third-order valence-electron chi connectivity index (χ3n) is 5.18. The monoisotopic (exact) mass is 486 g/mol. The molecule has 0 saturated heterocycles. The Labute approximate surface area is 206 Å². The molecule has 176 valence electrons. The number of hydrogen-bond donors (Lipinski definition) is 3. The van der Waals surface area contributed by atoms with E-state index >= 15 is 0 Å². The lowest BCUT2D eigenvalue weighted by Gasteiger charge is -2.29. The van der Waals surface area contributed by atoms with Crippen LogP contribution in [0.4, 0.5) is 11.5 Å². The van der Waals surface area contributed by atoms with Crippen LogP contribution in [0.15, 0.2) is 87.3 Å². The van der Waals surface area contributed by atoms with Crippen LogP contribution < -0.4 is 16.0 Å². The van der Waals surface area contributed by atoms with Crippen LogP contribution in [-0.4, -0.2) is 27.7 Å². The molecule has 3 aromatic rings. The number of aryl methyl sites for hydroxylation is 1. The fraction of sp³-hybridized carbons (Fsp3) is 0.160. The summed E-state index contributed by atoms with van der Waals surface area (Å²) in [5.74, 6) is -0.352. The average Bonchev–Trinajstić information content (AvgIpc) is 3.27. The number of allylic oxidation sites excluding steroid dienone is 2. The molecule has 35 heavy (non-hydrogen) atoms. The van der Waals surface area contributed by atoms with Crippen LogP contribution in [0.2, 0.25) is 0 Å². The van der Waals surface area contributed by atoms with Crippen molar-refractivity contribution in [2.45, 2.75) is 19.8 Å². The third-order valence-corrected chi connectivity index (χ3v) is 6.20. The van der Waals surface area contributed by atoms with Gasteiger partial charge in [-0.2, -0.15) is 5.26 Å². The number of benzene rings is 1. The zero-order valence-corrected chi connectivity index (χ0v) is 19.8. The SMILES string of the molecule is CC1=C(C(=O)Nc2ccccc2)C(c2cccnc2)C(C#N)=C(SCC(=O)Nc2cc(C)on2)N1. The summed E-state index contributed by atoms with van der Waals surface area (Å²) >= 11 is 1.17. The Balaban J connectivity index is 1.61. The Bertz CT molecular complexity index is 1340. The largest absolute Gasteiger partial charge is 0.360 e. The van der Waals surface area contributed by atoms with Gasteiger partial charge in [0.25, 0.3) is 5.91 Å². The van der Waals surface area contributed by atoms with E-state index in [1.807, 2.05) is 24.3 Å². The molecule has 0 radical (unpaired) electrons. The lowest BCUT2D eigenvalue weighted by molar-refractivity contribution is -0.114. The summed E-state index contributed by atoms with van der Waals surface area (Å²) in [6, 6.07) is 16.5. The molecule has 1 atom stereocenters. The number of amides is 2. The van der Waals surface area contributed by atoms with E-state index in [9.17, 15) is 14.9 Å². The second-order valence-electron chi connectivity index (χ2n) is 7.72. The van der Waals surface area contributed by atoms with Crippen LogP contribution in [-0.2, 0) is 9.59 Å². The Morgan fingerprint density at radius 1 is 1.17 bits per heavy atom. The molecule has 0 bridgehead atoms. The molecule has 1 unspecified atom stereocenters. The highest BCUT2D eigenvalue weighted by molar-refractivity contribution is 8.03. The van der Waals surface area contributed by atoms with E-state index in [2.05, 4.69) is 32.2 Å². The number of aromatic nitrogens is 2. The van der Waals surface area contributed by atoms with Crippen LogP contribution in [0.3, 0.4) is 0 Å².